The first-order valence-electron chi connectivity index (χ1n) is 5.20. The Morgan fingerprint density at radius 1 is 1.24 bits per heavy atom. The molecule has 0 bridgehead atoms. The second kappa shape index (κ2) is 5.23. The number of aliphatic hydroxyl groups is 1. The van der Waals surface area contributed by atoms with Crippen LogP contribution in [0.4, 0.5) is 8.78 Å². The van der Waals surface area contributed by atoms with Crippen LogP contribution < -0.4 is 0 Å². The smallest absolute Gasteiger partial charge is 0.309 e. The second-order valence-corrected chi connectivity index (χ2v) is 4.23. The van der Waals surface area contributed by atoms with Crippen LogP contribution in [0.25, 0.3) is 0 Å². The third kappa shape index (κ3) is 3.00. The standard InChI is InChI=1S/C12H14F2O3/c1-6(2)10(12(16)17)11(15)7-3-4-8(13)9(14)5-7/h3-6,10-11,15H,1-2H3,(H,16,17). The first kappa shape index (κ1) is 13.6. The number of aliphatic hydroxyl groups excluding tert-OH is 1. The van der Waals surface area contributed by atoms with Gasteiger partial charge in [0.1, 0.15) is 0 Å². The number of aliphatic carboxylic acids is 1. The van der Waals surface area contributed by atoms with E-state index in [1.54, 1.807) is 13.8 Å². The van der Waals surface area contributed by atoms with Gasteiger partial charge in [-0.2, -0.15) is 0 Å². The molecule has 17 heavy (non-hydrogen) atoms. The maximum atomic E-state index is 13.0. The van der Waals surface area contributed by atoms with Gasteiger partial charge in [-0.05, 0) is 23.6 Å². The van der Waals surface area contributed by atoms with Crippen LogP contribution in [0.1, 0.15) is 25.5 Å². The fourth-order valence-corrected chi connectivity index (χ4v) is 1.69. The minimum atomic E-state index is -1.36. The van der Waals surface area contributed by atoms with Crippen molar-refractivity contribution in [3.05, 3.63) is 35.4 Å². The minimum Gasteiger partial charge on any atom is -0.481 e. The fourth-order valence-electron chi connectivity index (χ4n) is 1.69. The van der Waals surface area contributed by atoms with E-state index in [-0.39, 0.29) is 11.5 Å². The largest absolute Gasteiger partial charge is 0.481 e. The molecule has 0 aliphatic carbocycles. The fraction of sp³-hybridized carbons (Fsp3) is 0.417. The van der Waals surface area contributed by atoms with Crippen LogP contribution in [0, 0.1) is 23.5 Å². The van der Waals surface area contributed by atoms with Crippen LogP contribution >= 0.6 is 0 Å². The van der Waals surface area contributed by atoms with Gasteiger partial charge in [0.25, 0.3) is 0 Å². The van der Waals surface area contributed by atoms with E-state index in [1.165, 1.54) is 6.07 Å². The topological polar surface area (TPSA) is 57.5 Å². The zero-order chi connectivity index (χ0) is 13.2. The van der Waals surface area contributed by atoms with Crippen molar-refractivity contribution in [3.63, 3.8) is 0 Å². The average molecular weight is 244 g/mol. The molecule has 0 aliphatic heterocycles. The van der Waals surface area contributed by atoms with E-state index < -0.39 is 29.6 Å². The molecular weight excluding hydrogens is 230 g/mol. The maximum absolute atomic E-state index is 13.0. The second-order valence-electron chi connectivity index (χ2n) is 4.23. The number of hydrogen-bond acceptors (Lipinski definition) is 2. The molecule has 94 valence electrons. The van der Waals surface area contributed by atoms with Crippen molar-refractivity contribution < 1.29 is 23.8 Å². The van der Waals surface area contributed by atoms with Gasteiger partial charge >= 0.3 is 5.97 Å². The summed E-state index contributed by atoms with van der Waals surface area (Å²) in [4.78, 5) is 11.0. The Morgan fingerprint density at radius 2 is 1.82 bits per heavy atom. The Hall–Kier alpha value is -1.49. The van der Waals surface area contributed by atoms with E-state index in [9.17, 15) is 18.7 Å². The van der Waals surface area contributed by atoms with Crippen molar-refractivity contribution in [2.45, 2.75) is 20.0 Å². The van der Waals surface area contributed by atoms with Gasteiger partial charge in [0.05, 0.1) is 12.0 Å². The summed E-state index contributed by atoms with van der Waals surface area (Å²) in [6.45, 7) is 3.28. The third-order valence-corrected chi connectivity index (χ3v) is 2.63. The molecule has 1 rings (SSSR count). The van der Waals surface area contributed by atoms with Gasteiger partial charge in [-0.15, -0.1) is 0 Å². The Kier molecular flexibility index (Phi) is 4.17. The van der Waals surface area contributed by atoms with Gasteiger partial charge in [0, 0.05) is 0 Å². The molecule has 2 atom stereocenters. The lowest BCUT2D eigenvalue weighted by Gasteiger charge is -2.22. The Labute approximate surface area is 97.7 Å². The lowest BCUT2D eigenvalue weighted by Crippen LogP contribution is -2.27. The number of benzene rings is 1. The Balaban J connectivity index is 3.05. The highest BCUT2D eigenvalue weighted by atomic mass is 19.2. The molecule has 0 fully saturated rings. The summed E-state index contributed by atoms with van der Waals surface area (Å²) >= 11 is 0. The molecule has 3 nitrogen and oxygen atoms in total. The predicted molar refractivity (Wildman–Crippen MR) is 57.3 cm³/mol. The van der Waals surface area contributed by atoms with E-state index in [2.05, 4.69) is 0 Å². The van der Waals surface area contributed by atoms with Crippen LogP contribution in [0.2, 0.25) is 0 Å². The number of carboxylic acid groups (broad SMARTS) is 1. The average Bonchev–Trinajstić information content (AvgIpc) is 2.20. The van der Waals surface area contributed by atoms with Gasteiger partial charge in [-0.1, -0.05) is 19.9 Å². The molecular formula is C12H14F2O3. The minimum absolute atomic E-state index is 0.0602. The van der Waals surface area contributed by atoms with Gasteiger partial charge in [0.15, 0.2) is 11.6 Å². The molecule has 0 spiro atoms. The van der Waals surface area contributed by atoms with Crippen molar-refractivity contribution in [2.24, 2.45) is 11.8 Å². The summed E-state index contributed by atoms with van der Waals surface area (Å²) < 4.78 is 25.7. The van der Waals surface area contributed by atoms with E-state index in [4.69, 9.17) is 5.11 Å². The summed E-state index contributed by atoms with van der Waals surface area (Å²) in [5.74, 6) is -4.68. The van der Waals surface area contributed by atoms with Crippen LogP contribution in [-0.4, -0.2) is 16.2 Å². The van der Waals surface area contributed by atoms with Crippen molar-refractivity contribution in [3.8, 4) is 0 Å². The van der Waals surface area contributed by atoms with Crippen LogP contribution in [0.3, 0.4) is 0 Å². The van der Waals surface area contributed by atoms with Gasteiger partial charge in [-0.25, -0.2) is 8.78 Å². The molecule has 0 aliphatic rings. The monoisotopic (exact) mass is 244 g/mol. The molecule has 0 saturated carbocycles. The predicted octanol–water partition coefficient (Wildman–Crippen LogP) is 2.36. The highest BCUT2D eigenvalue weighted by Gasteiger charge is 2.31. The van der Waals surface area contributed by atoms with Crippen LogP contribution in [0.15, 0.2) is 18.2 Å². The van der Waals surface area contributed by atoms with Gasteiger partial charge in [0.2, 0.25) is 0 Å². The molecule has 0 radical (unpaired) electrons. The number of hydrogen-bond donors (Lipinski definition) is 2. The maximum Gasteiger partial charge on any atom is 0.309 e. The molecule has 0 amide bonds. The Morgan fingerprint density at radius 3 is 2.24 bits per heavy atom. The Bertz CT molecular complexity index is 418. The van der Waals surface area contributed by atoms with E-state index in [0.29, 0.717) is 0 Å². The number of halogens is 2. The number of carbonyl (C=O) groups is 1. The molecule has 0 saturated heterocycles. The van der Waals surface area contributed by atoms with E-state index >= 15 is 0 Å². The highest BCUT2D eigenvalue weighted by Crippen LogP contribution is 2.29. The molecule has 1 aromatic carbocycles. The summed E-state index contributed by atoms with van der Waals surface area (Å²) in [6, 6.07) is 2.87. The molecule has 2 N–H and O–H groups in total. The van der Waals surface area contributed by atoms with E-state index in [0.717, 1.165) is 12.1 Å². The zero-order valence-corrected chi connectivity index (χ0v) is 9.52. The summed E-state index contributed by atoms with van der Waals surface area (Å²) in [6.07, 6.45) is -1.36. The van der Waals surface area contributed by atoms with Gasteiger partial charge < -0.3 is 10.2 Å². The molecule has 2 unspecified atom stereocenters. The SMILES string of the molecule is CC(C)C(C(=O)O)C(O)c1ccc(F)c(F)c1. The highest BCUT2D eigenvalue weighted by molar-refractivity contribution is 5.71. The summed E-state index contributed by atoms with van der Waals surface area (Å²) in [7, 11) is 0. The first-order chi connectivity index (χ1) is 7.84. The molecule has 5 heteroatoms. The van der Waals surface area contributed by atoms with E-state index in [1.807, 2.05) is 0 Å². The lowest BCUT2D eigenvalue weighted by atomic mass is 9.86. The molecule has 1 aromatic rings. The zero-order valence-electron chi connectivity index (χ0n) is 9.52. The van der Waals surface area contributed by atoms with Gasteiger partial charge in [-0.3, -0.25) is 4.79 Å². The third-order valence-electron chi connectivity index (χ3n) is 2.63. The van der Waals surface area contributed by atoms with Crippen molar-refractivity contribution in [2.75, 3.05) is 0 Å². The number of carboxylic acids is 1. The van der Waals surface area contributed by atoms with Crippen LogP contribution in [-0.2, 0) is 4.79 Å². The normalized spacial score (nSPS) is 14.7. The summed E-state index contributed by atoms with van der Waals surface area (Å²) in [5, 5.41) is 18.8. The number of rotatable bonds is 4. The van der Waals surface area contributed by atoms with Crippen molar-refractivity contribution in [1.29, 1.82) is 0 Å². The van der Waals surface area contributed by atoms with Crippen molar-refractivity contribution in [1.82, 2.24) is 0 Å². The lowest BCUT2D eigenvalue weighted by molar-refractivity contribution is -0.148. The quantitative estimate of drug-likeness (QED) is 0.854. The van der Waals surface area contributed by atoms with Crippen LogP contribution in [0.5, 0.6) is 0 Å². The molecule has 0 aromatic heterocycles. The molecule has 0 heterocycles. The summed E-state index contributed by atoms with van der Waals surface area (Å²) in [5.41, 5.74) is 0.0602. The van der Waals surface area contributed by atoms with Crippen molar-refractivity contribution >= 4 is 5.97 Å². The first-order valence-corrected chi connectivity index (χ1v) is 5.20.